The van der Waals surface area contributed by atoms with Gasteiger partial charge in [0.15, 0.2) is 0 Å². The monoisotopic (exact) mass is 573 g/mol. The minimum Gasteiger partial charge on any atom is -0.311 e. The number of benzene rings is 6. The Bertz CT molecular complexity index is 2020. The molecule has 6 rings (SSSR count). The number of hydrogen-bond acceptors (Lipinski definition) is 5. The molecule has 0 N–H and O–H groups in total. The van der Waals surface area contributed by atoms with E-state index in [0.717, 1.165) is 50.4 Å². The molecule has 0 aliphatic rings. The summed E-state index contributed by atoms with van der Waals surface area (Å²) < 4.78 is 0. The number of nitriles is 4. The Balaban J connectivity index is 1.38. The van der Waals surface area contributed by atoms with Crippen LogP contribution in [0.25, 0.3) is 33.4 Å². The number of rotatable bonds is 6. The van der Waals surface area contributed by atoms with Crippen LogP contribution in [-0.2, 0) is 0 Å². The van der Waals surface area contributed by atoms with E-state index in [1.807, 2.05) is 72.8 Å². The maximum absolute atomic E-state index is 9.44. The number of anilines is 3. The summed E-state index contributed by atoms with van der Waals surface area (Å²) in [5.74, 6) is 0. The summed E-state index contributed by atoms with van der Waals surface area (Å²) in [7, 11) is 0. The summed E-state index contributed by atoms with van der Waals surface area (Å²) in [5.41, 5.74) is 10.8. The molecule has 0 aromatic heterocycles. The molecule has 208 valence electrons. The highest BCUT2D eigenvalue weighted by Gasteiger charge is 2.14. The fraction of sp³-hybridized carbons (Fsp3) is 0. The second-order valence-electron chi connectivity index (χ2n) is 10.4. The molecule has 0 unspecified atom stereocenters. The van der Waals surface area contributed by atoms with Crippen LogP contribution in [0.4, 0.5) is 17.1 Å². The molecule has 0 fully saturated rings. The van der Waals surface area contributed by atoms with Crippen LogP contribution >= 0.6 is 0 Å². The van der Waals surface area contributed by atoms with Crippen LogP contribution in [0.1, 0.15) is 22.3 Å². The van der Waals surface area contributed by atoms with E-state index in [2.05, 4.69) is 77.7 Å². The van der Waals surface area contributed by atoms with E-state index in [1.165, 1.54) is 0 Å². The highest BCUT2D eigenvalue weighted by molar-refractivity contribution is 5.81. The van der Waals surface area contributed by atoms with Gasteiger partial charge in [0.2, 0.25) is 0 Å². The third kappa shape index (κ3) is 6.02. The molecule has 45 heavy (non-hydrogen) atoms. The fourth-order valence-corrected chi connectivity index (χ4v) is 5.25. The smallest absolute Gasteiger partial charge is 0.0992 e. The van der Waals surface area contributed by atoms with Crippen molar-refractivity contribution in [2.24, 2.45) is 0 Å². The lowest BCUT2D eigenvalue weighted by molar-refractivity contribution is 1.28. The van der Waals surface area contributed by atoms with E-state index < -0.39 is 0 Å². The van der Waals surface area contributed by atoms with Crippen LogP contribution < -0.4 is 4.90 Å². The molecule has 0 amide bonds. The molecule has 0 heterocycles. The van der Waals surface area contributed by atoms with E-state index in [-0.39, 0.29) is 0 Å². The first kappa shape index (κ1) is 28.2. The molecule has 0 bridgehead atoms. The lowest BCUT2D eigenvalue weighted by atomic mass is 9.99. The van der Waals surface area contributed by atoms with Crippen molar-refractivity contribution in [3.8, 4) is 57.7 Å². The topological polar surface area (TPSA) is 98.4 Å². The Kier molecular flexibility index (Phi) is 7.85. The van der Waals surface area contributed by atoms with Crippen molar-refractivity contribution in [1.29, 1.82) is 21.0 Å². The second-order valence-corrected chi connectivity index (χ2v) is 10.4. The molecule has 6 aromatic rings. The van der Waals surface area contributed by atoms with Gasteiger partial charge in [-0.25, -0.2) is 0 Å². The molecule has 0 aliphatic heterocycles. The average molecular weight is 574 g/mol. The maximum atomic E-state index is 9.44. The van der Waals surface area contributed by atoms with Crippen molar-refractivity contribution in [2.45, 2.75) is 0 Å². The Morgan fingerprint density at radius 1 is 0.289 bits per heavy atom. The van der Waals surface area contributed by atoms with Crippen molar-refractivity contribution < 1.29 is 0 Å². The molecule has 0 radical (unpaired) electrons. The summed E-state index contributed by atoms with van der Waals surface area (Å²) in [6.07, 6.45) is 0. The Labute approximate surface area is 262 Å². The summed E-state index contributed by atoms with van der Waals surface area (Å²) in [6.45, 7) is 0. The van der Waals surface area contributed by atoms with Crippen molar-refractivity contribution in [3.05, 3.63) is 162 Å². The zero-order valence-corrected chi connectivity index (χ0v) is 24.0. The average Bonchev–Trinajstić information content (AvgIpc) is 3.12. The quantitative estimate of drug-likeness (QED) is 0.197. The van der Waals surface area contributed by atoms with Crippen LogP contribution in [0.3, 0.4) is 0 Å². The molecule has 0 saturated carbocycles. The minimum atomic E-state index is 0.444. The van der Waals surface area contributed by atoms with Gasteiger partial charge in [0.25, 0.3) is 0 Å². The standard InChI is InChI=1S/C40H23N5/c41-24-28-1-5-32(6-2-28)34-9-15-38(16-10-34)45(39-17-11-35(12-18-39)33-7-3-29(25-42)4-8-33)40-19-13-36(14-20-40)37-22-30(26-43)21-31(23-37)27-44/h1-23H. The van der Waals surface area contributed by atoms with Crippen molar-refractivity contribution in [1.82, 2.24) is 0 Å². The zero-order chi connectivity index (χ0) is 31.2. The summed E-state index contributed by atoms with van der Waals surface area (Å²) >= 11 is 0. The maximum Gasteiger partial charge on any atom is 0.0992 e. The SMILES string of the molecule is N#Cc1ccc(-c2ccc(N(c3ccc(-c4ccc(C#N)cc4)cc3)c3ccc(-c4cc(C#N)cc(C#N)c4)cc3)cc2)cc1. The summed E-state index contributed by atoms with van der Waals surface area (Å²) in [5, 5.41) is 37.2. The second kappa shape index (κ2) is 12.5. The van der Waals surface area contributed by atoms with Crippen LogP contribution in [0.2, 0.25) is 0 Å². The molecular formula is C40H23N5. The van der Waals surface area contributed by atoms with Crippen LogP contribution in [0.5, 0.6) is 0 Å². The fourth-order valence-electron chi connectivity index (χ4n) is 5.25. The Morgan fingerprint density at radius 3 is 0.844 bits per heavy atom. The van der Waals surface area contributed by atoms with Gasteiger partial charge in [0.05, 0.1) is 46.5 Å². The highest BCUT2D eigenvalue weighted by atomic mass is 15.1. The summed E-state index contributed by atoms with van der Waals surface area (Å²) in [6, 6.07) is 53.5. The molecule has 5 nitrogen and oxygen atoms in total. The van der Waals surface area contributed by atoms with Gasteiger partial charge in [0.1, 0.15) is 0 Å². The number of nitrogens with zero attached hydrogens (tertiary/aromatic N) is 5. The third-order valence-corrected chi connectivity index (χ3v) is 7.60. The minimum absolute atomic E-state index is 0.444. The third-order valence-electron chi connectivity index (χ3n) is 7.60. The molecule has 0 spiro atoms. The van der Waals surface area contributed by atoms with Crippen LogP contribution in [0, 0.1) is 45.3 Å². The predicted molar refractivity (Wildman–Crippen MR) is 176 cm³/mol. The van der Waals surface area contributed by atoms with Crippen LogP contribution in [-0.4, -0.2) is 0 Å². The van der Waals surface area contributed by atoms with Gasteiger partial charge in [-0.15, -0.1) is 0 Å². The largest absolute Gasteiger partial charge is 0.311 e. The van der Waals surface area contributed by atoms with E-state index in [0.29, 0.717) is 22.3 Å². The van der Waals surface area contributed by atoms with Crippen molar-refractivity contribution in [3.63, 3.8) is 0 Å². The zero-order valence-electron chi connectivity index (χ0n) is 24.0. The molecule has 0 aliphatic carbocycles. The van der Waals surface area contributed by atoms with Gasteiger partial charge in [0, 0.05) is 17.1 Å². The number of hydrogen-bond donors (Lipinski definition) is 0. The lowest BCUT2D eigenvalue weighted by Crippen LogP contribution is -2.09. The Hall–Kier alpha value is -6.92. The first-order valence-electron chi connectivity index (χ1n) is 14.2. The first-order valence-corrected chi connectivity index (χ1v) is 14.2. The predicted octanol–water partition coefficient (Wildman–Crippen LogP) is 9.64. The van der Waals surface area contributed by atoms with Crippen LogP contribution in [0.15, 0.2) is 140 Å². The van der Waals surface area contributed by atoms with E-state index in [4.69, 9.17) is 10.5 Å². The van der Waals surface area contributed by atoms with E-state index in [1.54, 1.807) is 18.2 Å². The normalized spacial score (nSPS) is 10.1. The van der Waals surface area contributed by atoms with Gasteiger partial charge in [-0.2, -0.15) is 21.0 Å². The van der Waals surface area contributed by atoms with E-state index >= 15 is 0 Å². The Morgan fingerprint density at radius 2 is 0.556 bits per heavy atom. The molecular weight excluding hydrogens is 550 g/mol. The van der Waals surface area contributed by atoms with E-state index in [9.17, 15) is 10.5 Å². The van der Waals surface area contributed by atoms with Gasteiger partial charge in [-0.3, -0.25) is 0 Å². The van der Waals surface area contributed by atoms with Gasteiger partial charge in [-0.1, -0.05) is 60.7 Å². The van der Waals surface area contributed by atoms with Gasteiger partial charge < -0.3 is 4.90 Å². The van der Waals surface area contributed by atoms with Gasteiger partial charge >= 0.3 is 0 Å². The molecule has 0 saturated heterocycles. The summed E-state index contributed by atoms with van der Waals surface area (Å²) in [4.78, 5) is 2.17. The highest BCUT2D eigenvalue weighted by Crippen LogP contribution is 2.38. The van der Waals surface area contributed by atoms with Crippen molar-refractivity contribution >= 4 is 17.1 Å². The molecule has 5 heteroatoms. The van der Waals surface area contributed by atoms with Crippen molar-refractivity contribution in [2.75, 3.05) is 4.90 Å². The molecule has 6 aromatic carbocycles. The van der Waals surface area contributed by atoms with Gasteiger partial charge in [-0.05, 0) is 112 Å². The first-order chi connectivity index (χ1) is 22.1. The molecule has 0 atom stereocenters. The lowest BCUT2D eigenvalue weighted by Gasteiger charge is -2.26.